The smallest absolute Gasteiger partial charge is 0.268 e. The number of rotatable bonds is 4. The summed E-state index contributed by atoms with van der Waals surface area (Å²) in [6.07, 6.45) is 0. The topological polar surface area (TPSA) is 63.6 Å². The van der Waals surface area contributed by atoms with Crippen molar-refractivity contribution < 1.29 is 17.7 Å². The van der Waals surface area contributed by atoms with E-state index >= 15 is 0 Å². The van der Waals surface area contributed by atoms with Crippen molar-refractivity contribution in [1.82, 2.24) is 0 Å². The molecule has 0 saturated heterocycles. The lowest BCUT2D eigenvalue weighted by molar-refractivity contribution is 0.336. The lowest BCUT2D eigenvalue weighted by atomic mass is 10.1. The normalized spacial score (nSPS) is 11.6. The molecule has 17 heavy (non-hydrogen) atoms. The van der Waals surface area contributed by atoms with Crippen molar-refractivity contribution in [2.75, 3.05) is 12.4 Å². The van der Waals surface area contributed by atoms with Crippen molar-refractivity contribution in [3.05, 3.63) is 42.5 Å². The molecule has 0 saturated carbocycles. The first-order valence-corrected chi connectivity index (χ1v) is 6.72. The summed E-state index contributed by atoms with van der Waals surface area (Å²) in [6, 6.07) is 13.3. The Kier molecular flexibility index (Phi) is 3.31. The Balaban J connectivity index is 2.09. The first-order valence-electron chi connectivity index (χ1n) is 5.11. The molecule has 4 nitrogen and oxygen atoms in total. The van der Waals surface area contributed by atoms with Crippen LogP contribution in [-0.2, 0) is 10.1 Å². The summed E-state index contributed by atoms with van der Waals surface area (Å²) >= 11 is 0. The third-order valence-electron chi connectivity index (χ3n) is 2.33. The van der Waals surface area contributed by atoms with Crippen LogP contribution in [0, 0.1) is 0 Å². The second-order valence-corrected chi connectivity index (χ2v) is 5.22. The summed E-state index contributed by atoms with van der Waals surface area (Å²) in [5.41, 5.74) is 0. The van der Waals surface area contributed by atoms with E-state index in [-0.39, 0.29) is 6.61 Å². The standard InChI is InChI=1S/C12H12O4S/c13-17(14,15)8-7-16-12-6-5-10-3-1-2-4-11(10)9-12/h1-6,9H,7-8H2,(H,13,14,15). The van der Waals surface area contributed by atoms with Crippen LogP contribution in [0.15, 0.2) is 42.5 Å². The lowest BCUT2D eigenvalue weighted by Crippen LogP contribution is -2.12. The van der Waals surface area contributed by atoms with Crippen LogP contribution >= 0.6 is 0 Å². The molecule has 0 spiro atoms. The number of hydrogen-bond donors (Lipinski definition) is 1. The van der Waals surface area contributed by atoms with Gasteiger partial charge in [0.05, 0.1) is 0 Å². The van der Waals surface area contributed by atoms with Gasteiger partial charge in [0.25, 0.3) is 10.1 Å². The maximum Gasteiger partial charge on any atom is 0.268 e. The van der Waals surface area contributed by atoms with Gasteiger partial charge in [-0.15, -0.1) is 0 Å². The molecule has 0 atom stereocenters. The van der Waals surface area contributed by atoms with E-state index in [2.05, 4.69) is 0 Å². The Bertz CT molecular complexity index is 619. The van der Waals surface area contributed by atoms with Crippen LogP contribution < -0.4 is 4.74 Å². The van der Waals surface area contributed by atoms with E-state index in [0.29, 0.717) is 5.75 Å². The van der Waals surface area contributed by atoms with Gasteiger partial charge in [-0.25, -0.2) is 0 Å². The Hall–Kier alpha value is -1.59. The minimum Gasteiger partial charge on any atom is -0.492 e. The minimum absolute atomic E-state index is 0.0584. The first-order chi connectivity index (χ1) is 8.04. The maximum absolute atomic E-state index is 10.5. The molecule has 90 valence electrons. The number of benzene rings is 2. The van der Waals surface area contributed by atoms with E-state index in [1.54, 1.807) is 6.07 Å². The molecule has 0 heterocycles. The predicted molar refractivity (Wildman–Crippen MR) is 65.9 cm³/mol. The Labute approximate surface area is 99.6 Å². The number of hydrogen-bond acceptors (Lipinski definition) is 3. The largest absolute Gasteiger partial charge is 0.492 e. The van der Waals surface area contributed by atoms with Crippen LogP contribution in [-0.4, -0.2) is 25.3 Å². The van der Waals surface area contributed by atoms with Gasteiger partial charge in [0.1, 0.15) is 18.1 Å². The molecule has 0 aliphatic rings. The van der Waals surface area contributed by atoms with Gasteiger partial charge >= 0.3 is 0 Å². The summed E-state index contributed by atoms with van der Waals surface area (Å²) in [5, 5.41) is 2.12. The highest BCUT2D eigenvalue weighted by molar-refractivity contribution is 7.85. The first kappa shape index (κ1) is 11.9. The average molecular weight is 252 g/mol. The van der Waals surface area contributed by atoms with E-state index in [1.807, 2.05) is 36.4 Å². The van der Waals surface area contributed by atoms with Gasteiger partial charge in [0, 0.05) is 0 Å². The maximum atomic E-state index is 10.5. The molecule has 0 amide bonds. The molecule has 1 N–H and O–H groups in total. The molecule has 0 aromatic heterocycles. The van der Waals surface area contributed by atoms with E-state index in [0.717, 1.165) is 10.8 Å². The zero-order valence-corrected chi connectivity index (χ0v) is 9.85. The van der Waals surface area contributed by atoms with Gasteiger partial charge in [-0.1, -0.05) is 30.3 Å². The van der Waals surface area contributed by atoms with Crippen LogP contribution in [0.4, 0.5) is 0 Å². The summed E-state index contributed by atoms with van der Waals surface area (Å²) < 4.78 is 34.8. The van der Waals surface area contributed by atoms with E-state index in [1.165, 1.54) is 0 Å². The lowest BCUT2D eigenvalue weighted by Gasteiger charge is -2.06. The zero-order chi connectivity index (χ0) is 12.3. The fourth-order valence-corrected chi connectivity index (χ4v) is 1.82. The second-order valence-electron chi connectivity index (χ2n) is 3.64. The van der Waals surface area contributed by atoms with Crippen molar-refractivity contribution in [2.24, 2.45) is 0 Å². The van der Waals surface area contributed by atoms with Crippen molar-refractivity contribution in [3.8, 4) is 5.75 Å². The molecule has 5 heteroatoms. The van der Waals surface area contributed by atoms with E-state index < -0.39 is 15.9 Å². The van der Waals surface area contributed by atoms with Gasteiger partial charge in [0.2, 0.25) is 0 Å². The van der Waals surface area contributed by atoms with Crippen molar-refractivity contribution in [2.45, 2.75) is 0 Å². The molecule has 0 aliphatic heterocycles. The highest BCUT2D eigenvalue weighted by Crippen LogP contribution is 2.20. The summed E-state index contributed by atoms with van der Waals surface area (Å²) in [6.45, 7) is -0.0584. The zero-order valence-electron chi connectivity index (χ0n) is 9.04. The number of ether oxygens (including phenoxy) is 1. The molecule has 0 unspecified atom stereocenters. The predicted octanol–water partition coefficient (Wildman–Crippen LogP) is 2.11. The summed E-state index contributed by atoms with van der Waals surface area (Å²) in [7, 11) is -3.96. The van der Waals surface area contributed by atoms with Crippen LogP contribution in [0.25, 0.3) is 10.8 Å². The fraction of sp³-hybridized carbons (Fsp3) is 0.167. The number of fused-ring (bicyclic) bond motifs is 1. The van der Waals surface area contributed by atoms with Gasteiger partial charge in [-0.3, -0.25) is 4.55 Å². The molecule has 2 aromatic rings. The molecule has 2 aromatic carbocycles. The van der Waals surface area contributed by atoms with Crippen LogP contribution in [0.1, 0.15) is 0 Å². The molecule has 0 aliphatic carbocycles. The summed E-state index contributed by atoms with van der Waals surface area (Å²) in [4.78, 5) is 0. The molecular weight excluding hydrogens is 240 g/mol. The molecule has 0 radical (unpaired) electrons. The highest BCUT2D eigenvalue weighted by atomic mass is 32.2. The van der Waals surface area contributed by atoms with Gasteiger partial charge in [-0.05, 0) is 22.9 Å². The summed E-state index contributed by atoms with van der Waals surface area (Å²) in [5.74, 6) is 0.187. The quantitative estimate of drug-likeness (QED) is 0.846. The Morgan fingerprint density at radius 2 is 1.76 bits per heavy atom. The van der Waals surface area contributed by atoms with Gasteiger partial charge < -0.3 is 4.74 Å². The second kappa shape index (κ2) is 4.73. The third kappa shape index (κ3) is 3.44. The molecule has 0 bridgehead atoms. The molecule has 0 fully saturated rings. The molecular formula is C12H12O4S. The van der Waals surface area contributed by atoms with Gasteiger partial charge in [0.15, 0.2) is 0 Å². The van der Waals surface area contributed by atoms with Crippen LogP contribution in [0.3, 0.4) is 0 Å². The van der Waals surface area contributed by atoms with Crippen LogP contribution in [0.5, 0.6) is 5.75 Å². The molecule has 2 rings (SSSR count). The van der Waals surface area contributed by atoms with Crippen molar-refractivity contribution >= 4 is 20.9 Å². The van der Waals surface area contributed by atoms with Gasteiger partial charge in [-0.2, -0.15) is 8.42 Å². The third-order valence-corrected chi connectivity index (χ3v) is 3.01. The van der Waals surface area contributed by atoms with Crippen molar-refractivity contribution in [1.29, 1.82) is 0 Å². The average Bonchev–Trinajstić information content (AvgIpc) is 2.27. The van der Waals surface area contributed by atoms with Crippen molar-refractivity contribution in [3.63, 3.8) is 0 Å². The Morgan fingerprint density at radius 1 is 1.06 bits per heavy atom. The minimum atomic E-state index is -3.96. The van der Waals surface area contributed by atoms with E-state index in [4.69, 9.17) is 9.29 Å². The Morgan fingerprint density at radius 3 is 2.47 bits per heavy atom. The van der Waals surface area contributed by atoms with Crippen LogP contribution in [0.2, 0.25) is 0 Å². The van der Waals surface area contributed by atoms with E-state index in [9.17, 15) is 8.42 Å². The SMILES string of the molecule is O=S(=O)(O)CCOc1ccc2ccccc2c1. The fourth-order valence-electron chi connectivity index (χ4n) is 1.52. The monoisotopic (exact) mass is 252 g/mol. The highest BCUT2D eigenvalue weighted by Gasteiger charge is 2.04.